The Morgan fingerprint density at radius 1 is 1.20 bits per heavy atom. The second-order valence-electron chi connectivity index (χ2n) is 7.08. The fraction of sp³-hybridized carbons (Fsp3) is 0.632. The van der Waals surface area contributed by atoms with Gasteiger partial charge in [-0.2, -0.15) is 0 Å². The summed E-state index contributed by atoms with van der Waals surface area (Å²) in [6, 6.07) is 3.43. The smallest absolute Gasteiger partial charge is 0.318 e. The molecule has 3 rings (SSSR count). The Morgan fingerprint density at radius 3 is 2.68 bits per heavy atom. The maximum absolute atomic E-state index is 12.9. The van der Waals surface area contributed by atoms with E-state index in [9.17, 15) is 9.59 Å². The molecule has 1 aromatic rings. The predicted molar refractivity (Wildman–Crippen MR) is 95.9 cm³/mol. The van der Waals surface area contributed by atoms with Crippen molar-refractivity contribution < 1.29 is 9.59 Å². The van der Waals surface area contributed by atoms with Gasteiger partial charge in [-0.25, -0.2) is 4.79 Å². The van der Waals surface area contributed by atoms with Crippen LogP contribution in [0, 0.1) is 5.92 Å². The summed E-state index contributed by atoms with van der Waals surface area (Å²) in [5.41, 5.74) is 1.05. The number of hydrogen-bond donors (Lipinski definition) is 2. The van der Waals surface area contributed by atoms with Gasteiger partial charge in [-0.05, 0) is 43.2 Å². The van der Waals surface area contributed by atoms with Gasteiger partial charge in [0.2, 0.25) is 5.91 Å². The molecule has 6 heteroatoms. The molecule has 25 heavy (non-hydrogen) atoms. The summed E-state index contributed by atoms with van der Waals surface area (Å²) in [5, 5.41) is 5.89. The van der Waals surface area contributed by atoms with E-state index >= 15 is 0 Å². The Kier molecular flexibility index (Phi) is 5.89. The molecular weight excluding hydrogens is 316 g/mol. The third-order valence-corrected chi connectivity index (χ3v) is 5.51. The van der Waals surface area contributed by atoms with Crippen LogP contribution >= 0.6 is 0 Å². The molecule has 1 aromatic heterocycles. The summed E-state index contributed by atoms with van der Waals surface area (Å²) in [4.78, 5) is 30.9. The van der Waals surface area contributed by atoms with Crippen molar-refractivity contribution in [1.82, 2.24) is 20.5 Å². The van der Waals surface area contributed by atoms with Crippen LogP contribution in [-0.2, 0) is 4.79 Å². The summed E-state index contributed by atoms with van der Waals surface area (Å²) in [5.74, 6) is 0.353. The van der Waals surface area contributed by atoms with Crippen molar-refractivity contribution >= 4 is 11.9 Å². The Balaban J connectivity index is 1.75. The van der Waals surface area contributed by atoms with E-state index in [-0.39, 0.29) is 24.0 Å². The number of carbonyl (C=O) groups is 2. The van der Waals surface area contributed by atoms with E-state index < -0.39 is 0 Å². The van der Waals surface area contributed by atoms with Gasteiger partial charge >= 0.3 is 6.03 Å². The van der Waals surface area contributed by atoms with Crippen LogP contribution < -0.4 is 10.6 Å². The van der Waals surface area contributed by atoms with Gasteiger partial charge in [-0.1, -0.05) is 25.3 Å². The number of aromatic nitrogens is 1. The lowest BCUT2D eigenvalue weighted by Gasteiger charge is -2.33. The molecule has 1 saturated carbocycles. The molecule has 3 amide bonds. The number of nitrogens with zero attached hydrogens (tertiary/aromatic N) is 2. The maximum Gasteiger partial charge on any atom is 0.318 e. The van der Waals surface area contributed by atoms with Gasteiger partial charge in [-0.15, -0.1) is 0 Å². The molecule has 0 spiro atoms. The second kappa shape index (κ2) is 8.32. The third-order valence-electron chi connectivity index (χ3n) is 5.51. The predicted octanol–water partition coefficient (Wildman–Crippen LogP) is 2.62. The fourth-order valence-corrected chi connectivity index (χ4v) is 4.17. The average molecular weight is 344 g/mol. The standard InChI is InChI=1S/C19H28N4O2/c1-20-18(24)16-10-6-12-23(16)19(25)22-17(14-7-3-2-4-8-14)15-9-5-11-21-13-15/h5,9,11,13-14,16-17H,2-4,6-8,10,12H2,1H3,(H,20,24)(H,22,25)/t16-,17-/m1/s1. The van der Waals surface area contributed by atoms with E-state index in [1.165, 1.54) is 19.3 Å². The van der Waals surface area contributed by atoms with Crippen LogP contribution in [-0.4, -0.2) is 41.5 Å². The lowest BCUT2D eigenvalue weighted by molar-refractivity contribution is -0.124. The molecule has 0 radical (unpaired) electrons. The number of amides is 3. The van der Waals surface area contributed by atoms with Gasteiger partial charge in [0, 0.05) is 26.0 Å². The highest BCUT2D eigenvalue weighted by Crippen LogP contribution is 2.34. The van der Waals surface area contributed by atoms with Crippen molar-refractivity contribution in [2.45, 2.75) is 57.0 Å². The zero-order chi connectivity index (χ0) is 17.6. The van der Waals surface area contributed by atoms with Crippen molar-refractivity contribution in [3.05, 3.63) is 30.1 Å². The van der Waals surface area contributed by atoms with Gasteiger partial charge < -0.3 is 15.5 Å². The number of pyridine rings is 1. The van der Waals surface area contributed by atoms with Crippen LogP contribution in [0.4, 0.5) is 4.79 Å². The Bertz CT molecular complexity index is 586. The molecule has 6 nitrogen and oxygen atoms in total. The molecule has 2 N–H and O–H groups in total. The summed E-state index contributed by atoms with van der Waals surface area (Å²) >= 11 is 0. The minimum Gasteiger partial charge on any atom is -0.357 e. The van der Waals surface area contributed by atoms with Gasteiger partial charge in [0.15, 0.2) is 0 Å². The zero-order valence-electron chi connectivity index (χ0n) is 14.9. The molecule has 1 saturated heterocycles. The topological polar surface area (TPSA) is 74.3 Å². The van der Waals surface area contributed by atoms with E-state index in [0.29, 0.717) is 12.5 Å². The Morgan fingerprint density at radius 2 is 2.00 bits per heavy atom. The van der Waals surface area contributed by atoms with Crippen LogP contribution in [0.25, 0.3) is 0 Å². The molecule has 1 aliphatic heterocycles. The van der Waals surface area contributed by atoms with Crippen LogP contribution in [0.2, 0.25) is 0 Å². The van der Waals surface area contributed by atoms with Gasteiger partial charge in [0.1, 0.15) is 6.04 Å². The van der Waals surface area contributed by atoms with Crippen molar-refractivity contribution in [2.24, 2.45) is 5.92 Å². The van der Waals surface area contributed by atoms with Crippen LogP contribution in [0.3, 0.4) is 0 Å². The third kappa shape index (κ3) is 4.11. The second-order valence-corrected chi connectivity index (χ2v) is 7.08. The molecule has 2 aliphatic rings. The minimum absolute atomic E-state index is 0.0348. The fourth-order valence-electron chi connectivity index (χ4n) is 4.17. The molecule has 1 aliphatic carbocycles. The number of urea groups is 1. The normalized spacial score (nSPS) is 22.4. The summed E-state index contributed by atoms with van der Waals surface area (Å²) in [7, 11) is 1.62. The monoisotopic (exact) mass is 344 g/mol. The zero-order valence-corrected chi connectivity index (χ0v) is 14.9. The number of rotatable bonds is 4. The molecule has 0 unspecified atom stereocenters. The lowest BCUT2D eigenvalue weighted by Crippen LogP contribution is -2.50. The first-order valence-electron chi connectivity index (χ1n) is 9.39. The van der Waals surface area contributed by atoms with Gasteiger partial charge in [0.25, 0.3) is 0 Å². The molecule has 2 fully saturated rings. The summed E-state index contributed by atoms with van der Waals surface area (Å²) in [6.45, 7) is 0.633. The first kappa shape index (κ1) is 17.7. The van der Waals surface area contributed by atoms with Crippen molar-refractivity contribution in [1.29, 1.82) is 0 Å². The lowest BCUT2D eigenvalue weighted by atomic mass is 9.81. The average Bonchev–Trinajstić information content (AvgIpc) is 3.16. The van der Waals surface area contributed by atoms with E-state index in [0.717, 1.165) is 31.2 Å². The molecular formula is C19H28N4O2. The molecule has 0 aromatic carbocycles. The van der Waals surface area contributed by atoms with Crippen LogP contribution in [0.5, 0.6) is 0 Å². The largest absolute Gasteiger partial charge is 0.357 e. The van der Waals surface area contributed by atoms with E-state index in [1.54, 1.807) is 18.1 Å². The van der Waals surface area contributed by atoms with Crippen LogP contribution in [0.15, 0.2) is 24.5 Å². The van der Waals surface area contributed by atoms with Crippen molar-refractivity contribution in [2.75, 3.05) is 13.6 Å². The molecule has 2 atom stereocenters. The van der Waals surface area contributed by atoms with Crippen LogP contribution in [0.1, 0.15) is 56.6 Å². The van der Waals surface area contributed by atoms with Gasteiger partial charge in [-0.3, -0.25) is 9.78 Å². The Hall–Kier alpha value is -2.11. The number of likely N-dealkylation sites (N-methyl/N-ethyl adjacent to an activating group) is 1. The highest BCUT2D eigenvalue weighted by Gasteiger charge is 2.35. The summed E-state index contributed by atoms with van der Waals surface area (Å²) < 4.78 is 0. The SMILES string of the molecule is CNC(=O)[C@H]1CCCN1C(=O)N[C@@H](c1cccnc1)C1CCCCC1. The van der Waals surface area contributed by atoms with E-state index in [4.69, 9.17) is 0 Å². The van der Waals surface area contributed by atoms with Crippen molar-refractivity contribution in [3.8, 4) is 0 Å². The highest BCUT2D eigenvalue weighted by molar-refractivity contribution is 5.87. The number of hydrogen-bond acceptors (Lipinski definition) is 3. The number of carbonyl (C=O) groups excluding carboxylic acids is 2. The number of nitrogens with one attached hydrogen (secondary N) is 2. The first-order chi connectivity index (χ1) is 12.2. The van der Waals surface area contributed by atoms with Crippen molar-refractivity contribution in [3.63, 3.8) is 0 Å². The first-order valence-corrected chi connectivity index (χ1v) is 9.39. The highest BCUT2D eigenvalue weighted by atomic mass is 16.2. The number of likely N-dealkylation sites (tertiary alicyclic amines) is 1. The molecule has 2 heterocycles. The quantitative estimate of drug-likeness (QED) is 0.882. The minimum atomic E-state index is -0.356. The summed E-state index contributed by atoms with van der Waals surface area (Å²) in [6.07, 6.45) is 11.1. The molecule has 136 valence electrons. The maximum atomic E-state index is 12.9. The van der Waals surface area contributed by atoms with Gasteiger partial charge in [0.05, 0.1) is 6.04 Å². The molecule has 0 bridgehead atoms. The Labute approximate surface area is 149 Å². The van der Waals surface area contributed by atoms with E-state index in [1.807, 2.05) is 18.3 Å². The van der Waals surface area contributed by atoms with E-state index in [2.05, 4.69) is 15.6 Å².